The fourth-order valence-electron chi connectivity index (χ4n) is 0.607. The molecule has 0 saturated heterocycles. The summed E-state index contributed by atoms with van der Waals surface area (Å²) in [6, 6.07) is 0. The molecular weight excluding hydrogens is 148 g/mol. The second-order valence-corrected chi connectivity index (χ2v) is 2.23. The molecule has 0 aromatic carbocycles. The fourth-order valence-corrected chi connectivity index (χ4v) is 0.607. The number of nitrogens with zero attached hydrogens (tertiary/aromatic N) is 1. The number of rotatable bonds is 4. The summed E-state index contributed by atoms with van der Waals surface area (Å²) in [5.74, 6) is 0.527. The van der Waals surface area contributed by atoms with Crippen LogP contribution in [-0.4, -0.2) is 5.84 Å². The van der Waals surface area contributed by atoms with Crippen LogP contribution in [0.1, 0.15) is 20.3 Å². The SMILES string of the molecule is C\C=C/C(N)=N\C=C/C=CCC. The molecule has 0 unspecified atom stereocenters. The lowest BCUT2D eigenvalue weighted by atomic mass is 10.4. The lowest BCUT2D eigenvalue weighted by Crippen LogP contribution is -2.05. The number of nitrogens with two attached hydrogens (primary N) is 1. The third-order valence-corrected chi connectivity index (χ3v) is 1.13. The molecule has 0 rings (SSSR count). The van der Waals surface area contributed by atoms with Crippen LogP contribution in [0.3, 0.4) is 0 Å². The molecule has 0 atom stereocenters. The second-order valence-electron chi connectivity index (χ2n) is 2.23. The van der Waals surface area contributed by atoms with Gasteiger partial charge < -0.3 is 5.73 Å². The van der Waals surface area contributed by atoms with Crippen molar-refractivity contribution in [2.24, 2.45) is 10.7 Å². The topological polar surface area (TPSA) is 38.4 Å². The van der Waals surface area contributed by atoms with E-state index in [1.54, 1.807) is 12.3 Å². The van der Waals surface area contributed by atoms with E-state index in [2.05, 4.69) is 18.0 Å². The molecule has 66 valence electrons. The van der Waals surface area contributed by atoms with E-state index in [0.29, 0.717) is 5.84 Å². The number of amidine groups is 1. The summed E-state index contributed by atoms with van der Waals surface area (Å²) in [4.78, 5) is 3.96. The molecule has 0 bridgehead atoms. The van der Waals surface area contributed by atoms with E-state index < -0.39 is 0 Å². The highest BCUT2D eigenvalue weighted by atomic mass is 14.8. The van der Waals surface area contributed by atoms with Crippen molar-refractivity contribution >= 4 is 5.84 Å². The van der Waals surface area contributed by atoms with Gasteiger partial charge in [-0.1, -0.05) is 25.2 Å². The number of hydrogen-bond donors (Lipinski definition) is 1. The van der Waals surface area contributed by atoms with Crippen LogP contribution in [0.25, 0.3) is 0 Å². The van der Waals surface area contributed by atoms with Crippen LogP contribution in [0, 0.1) is 0 Å². The van der Waals surface area contributed by atoms with E-state index in [4.69, 9.17) is 5.73 Å². The maximum atomic E-state index is 5.49. The Morgan fingerprint density at radius 2 is 2.17 bits per heavy atom. The summed E-state index contributed by atoms with van der Waals surface area (Å²) in [6.45, 7) is 3.99. The quantitative estimate of drug-likeness (QED) is 0.387. The van der Waals surface area contributed by atoms with Crippen LogP contribution in [-0.2, 0) is 0 Å². The number of hydrogen-bond acceptors (Lipinski definition) is 1. The van der Waals surface area contributed by atoms with Crippen LogP contribution in [0.4, 0.5) is 0 Å². The molecule has 2 N–H and O–H groups in total. The van der Waals surface area contributed by atoms with Crippen molar-refractivity contribution in [3.8, 4) is 0 Å². The molecule has 12 heavy (non-hydrogen) atoms. The third kappa shape index (κ3) is 6.81. The summed E-state index contributed by atoms with van der Waals surface area (Å²) in [5.41, 5.74) is 5.49. The van der Waals surface area contributed by atoms with Crippen molar-refractivity contribution in [2.45, 2.75) is 20.3 Å². The molecule has 2 heteroatoms. The van der Waals surface area contributed by atoms with Gasteiger partial charge in [-0.15, -0.1) is 0 Å². The summed E-state index contributed by atoms with van der Waals surface area (Å²) < 4.78 is 0. The van der Waals surface area contributed by atoms with Crippen LogP contribution < -0.4 is 5.73 Å². The van der Waals surface area contributed by atoms with Crippen LogP contribution in [0.2, 0.25) is 0 Å². The zero-order valence-corrected chi connectivity index (χ0v) is 7.70. The largest absolute Gasteiger partial charge is 0.384 e. The molecule has 0 spiro atoms. The number of allylic oxidation sites excluding steroid dienone is 4. The van der Waals surface area contributed by atoms with E-state index in [9.17, 15) is 0 Å². The van der Waals surface area contributed by atoms with Gasteiger partial charge in [0.1, 0.15) is 5.84 Å². The van der Waals surface area contributed by atoms with E-state index in [1.807, 2.05) is 25.2 Å². The van der Waals surface area contributed by atoms with Crippen LogP contribution >= 0.6 is 0 Å². The molecule has 0 saturated carbocycles. The van der Waals surface area contributed by atoms with E-state index in [1.165, 1.54) is 0 Å². The standard InChI is InChI=1S/C10H16N2/c1-3-5-6-7-9-12-10(11)8-4-2/h4-9H,3H2,1-2H3,(H2,11,12)/b6-5?,8-4-,9-7-. The Kier molecular flexibility index (Phi) is 6.94. The Morgan fingerprint density at radius 3 is 2.75 bits per heavy atom. The summed E-state index contributed by atoms with van der Waals surface area (Å²) in [7, 11) is 0. The molecule has 2 nitrogen and oxygen atoms in total. The Bertz CT molecular complexity index is 210. The lowest BCUT2D eigenvalue weighted by molar-refractivity contribution is 1.22. The molecule has 0 fully saturated rings. The maximum Gasteiger partial charge on any atom is 0.122 e. The summed E-state index contributed by atoms with van der Waals surface area (Å²) in [5, 5.41) is 0. The number of aliphatic imine (C=N–C) groups is 1. The molecule has 0 aromatic heterocycles. The third-order valence-electron chi connectivity index (χ3n) is 1.13. The van der Waals surface area contributed by atoms with E-state index in [0.717, 1.165) is 6.42 Å². The van der Waals surface area contributed by atoms with E-state index >= 15 is 0 Å². The van der Waals surface area contributed by atoms with Gasteiger partial charge in [-0.2, -0.15) is 0 Å². The van der Waals surface area contributed by atoms with Crippen molar-refractivity contribution in [3.63, 3.8) is 0 Å². The highest BCUT2D eigenvalue weighted by Crippen LogP contribution is 1.83. The zero-order valence-electron chi connectivity index (χ0n) is 7.70. The van der Waals surface area contributed by atoms with Gasteiger partial charge in [0.2, 0.25) is 0 Å². The summed E-state index contributed by atoms with van der Waals surface area (Å²) in [6.07, 6.45) is 12.2. The first-order chi connectivity index (χ1) is 5.81. The Hall–Kier alpha value is -1.31. The van der Waals surface area contributed by atoms with Gasteiger partial charge in [0.05, 0.1) is 0 Å². The molecule has 0 radical (unpaired) electrons. The normalized spacial score (nSPS) is 14.0. The molecule has 0 aromatic rings. The van der Waals surface area contributed by atoms with Gasteiger partial charge in [-0.05, 0) is 25.5 Å². The van der Waals surface area contributed by atoms with Gasteiger partial charge in [-0.25, -0.2) is 4.99 Å². The monoisotopic (exact) mass is 164 g/mol. The van der Waals surface area contributed by atoms with Crippen LogP contribution in [0.15, 0.2) is 41.6 Å². The molecule has 0 aliphatic heterocycles. The van der Waals surface area contributed by atoms with Gasteiger partial charge >= 0.3 is 0 Å². The smallest absolute Gasteiger partial charge is 0.122 e. The molecule has 0 amide bonds. The van der Waals surface area contributed by atoms with Gasteiger partial charge in [0.15, 0.2) is 0 Å². The first-order valence-corrected chi connectivity index (χ1v) is 4.09. The van der Waals surface area contributed by atoms with Crippen molar-refractivity contribution in [2.75, 3.05) is 0 Å². The Balaban J connectivity index is 3.86. The van der Waals surface area contributed by atoms with E-state index in [-0.39, 0.29) is 0 Å². The van der Waals surface area contributed by atoms with Crippen molar-refractivity contribution < 1.29 is 0 Å². The van der Waals surface area contributed by atoms with Gasteiger partial charge in [0, 0.05) is 6.20 Å². The minimum atomic E-state index is 0.527. The Labute approximate surface area is 74.2 Å². The van der Waals surface area contributed by atoms with Gasteiger partial charge in [-0.3, -0.25) is 0 Å². The Morgan fingerprint density at radius 1 is 1.42 bits per heavy atom. The predicted octanol–water partition coefficient (Wildman–Crippen LogP) is 2.40. The van der Waals surface area contributed by atoms with Crippen LogP contribution in [0.5, 0.6) is 0 Å². The highest BCUT2D eigenvalue weighted by Gasteiger charge is 1.75. The van der Waals surface area contributed by atoms with Crippen molar-refractivity contribution in [3.05, 3.63) is 36.6 Å². The van der Waals surface area contributed by atoms with Crippen molar-refractivity contribution in [1.29, 1.82) is 0 Å². The fraction of sp³-hybridized carbons (Fsp3) is 0.300. The maximum absolute atomic E-state index is 5.49. The average molecular weight is 164 g/mol. The molecular formula is C10H16N2. The molecule has 0 heterocycles. The first kappa shape index (κ1) is 10.7. The summed E-state index contributed by atoms with van der Waals surface area (Å²) >= 11 is 0. The first-order valence-electron chi connectivity index (χ1n) is 4.09. The van der Waals surface area contributed by atoms with Gasteiger partial charge in [0.25, 0.3) is 0 Å². The van der Waals surface area contributed by atoms with Crippen molar-refractivity contribution in [1.82, 2.24) is 0 Å². The zero-order chi connectivity index (χ0) is 9.23. The second kappa shape index (κ2) is 7.79. The lowest BCUT2D eigenvalue weighted by Gasteiger charge is -1.84. The molecule has 0 aliphatic carbocycles. The predicted molar refractivity (Wildman–Crippen MR) is 55.0 cm³/mol. The minimum Gasteiger partial charge on any atom is -0.384 e. The minimum absolute atomic E-state index is 0.527. The highest BCUT2D eigenvalue weighted by molar-refractivity contribution is 5.91. The molecule has 0 aliphatic rings. The average Bonchev–Trinajstić information content (AvgIpc) is 2.05.